The van der Waals surface area contributed by atoms with Gasteiger partial charge in [0.15, 0.2) is 5.75 Å². The van der Waals surface area contributed by atoms with E-state index in [9.17, 15) is 20.0 Å². The van der Waals surface area contributed by atoms with Crippen LogP contribution in [0.2, 0.25) is 0 Å². The molecule has 0 fully saturated rings. The monoisotopic (exact) mass is 419 g/mol. The van der Waals surface area contributed by atoms with E-state index in [0.717, 1.165) is 11.1 Å². The van der Waals surface area contributed by atoms with Crippen molar-refractivity contribution in [2.24, 2.45) is 0 Å². The number of nitro benzene ring substituents is 1. The van der Waals surface area contributed by atoms with Crippen LogP contribution in [-0.2, 0) is 6.54 Å². The molecule has 1 aliphatic rings. The number of amides is 1. The van der Waals surface area contributed by atoms with Gasteiger partial charge in [-0.15, -0.1) is 0 Å². The number of benzene rings is 3. The van der Waals surface area contributed by atoms with Crippen molar-refractivity contribution in [2.45, 2.75) is 19.6 Å². The van der Waals surface area contributed by atoms with Crippen LogP contribution in [0.5, 0.6) is 11.5 Å². The number of methoxy groups -OCH3 is 1. The molecule has 0 unspecified atom stereocenters. The number of anilines is 1. The summed E-state index contributed by atoms with van der Waals surface area (Å²) in [5.74, 6) is -0.786. The number of aryl methyl sites for hydroxylation is 1. The van der Waals surface area contributed by atoms with Crippen molar-refractivity contribution in [3.63, 3.8) is 0 Å². The topological polar surface area (TPSA) is 105 Å². The van der Waals surface area contributed by atoms with E-state index >= 15 is 0 Å². The molecule has 3 aromatic carbocycles. The highest BCUT2D eigenvalue weighted by Gasteiger charge is 2.35. The highest BCUT2D eigenvalue weighted by atomic mass is 16.6. The van der Waals surface area contributed by atoms with E-state index in [1.807, 2.05) is 37.3 Å². The first-order valence-electron chi connectivity index (χ1n) is 9.66. The molecule has 0 aliphatic carbocycles. The van der Waals surface area contributed by atoms with Crippen LogP contribution in [0.25, 0.3) is 0 Å². The lowest BCUT2D eigenvalue weighted by molar-refractivity contribution is -0.386. The Labute approximate surface area is 178 Å². The Balaban J connectivity index is 1.83. The van der Waals surface area contributed by atoms with E-state index in [1.54, 1.807) is 23.1 Å². The quantitative estimate of drug-likeness (QED) is 0.470. The number of para-hydroxylation sites is 1. The van der Waals surface area contributed by atoms with Gasteiger partial charge >= 0.3 is 5.69 Å². The van der Waals surface area contributed by atoms with Crippen LogP contribution in [0, 0.1) is 17.0 Å². The number of nitrogens with one attached hydrogen (secondary N) is 1. The molecule has 3 aromatic rings. The molecule has 1 amide bonds. The number of hydrogen-bond acceptors (Lipinski definition) is 6. The molecule has 0 saturated heterocycles. The average molecular weight is 419 g/mol. The van der Waals surface area contributed by atoms with Crippen LogP contribution in [-0.4, -0.2) is 27.9 Å². The lowest BCUT2D eigenvalue weighted by atomic mass is 10.0. The Morgan fingerprint density at radius 2 is 1.87 bits per heavy atom. The second-order valence-electron chi connectivity index (χ2n) is 7.36. The second kappa shape index (κ2) is 7.98. The predicted molar refractivity (Wildman–Crippen MR) is 115 cm³/mol. The Kier molecular flexibility index (Phi) is 5.21. The SMILES string of the molecule is COc1cc([C@H]2Nc3ccccc3C(=O)N2Cc2ccc(C)cc2)cc([N+](=O)[O-])c1O. The number of carbonyl (C=O) groups excluding carboxylic acids is 1. The molecular formula is C23H21N3O5. The van der Waals surface area contributed by atoms with Gasteiger partial charge in [0.2, 0.25) is 5.75 Å². The maximum Gasteiger partial charge on any atom is 0.315 e. The van der Waals surface area contributed by atoms with E-state index in [2.05, 4.69) is 5.32 Å². The van der Waals surface area contributed by atoms with Crippen molar-refractivity contribution in [1.29, 1.82) is 0 Å². The minimum Gasteiger partial charge on any atom is -0.500 e. The number of phenolic OH excluding ortho intramolecular Hbond substituents is 1. The largest absolute Gasteiger partial charge is 0.500 e. The fourth-order valence-corrected chi connectivity index (χ4v) is 3.68. The third-order valence-electron chi connectivity index (χ3n) is 5.31. The highest BCUT2D eigenvalue weighted by molar-refractivity contribution is 6.01. The predicted octanol–water partition coefficient (Wildman–Crippen LogP) is 4.38. The molecule has 1 aliphatic heterocycles. The van der Waals surface area contributed by atoms with Crippen molar-refractivity contribution in [1.82, 2.24) is 4.90 Å². The van der Waals surface area contributed by atoms with Gasteiger partial charge in [-0.3, -0.25) is 14.9 Å². The summed E-state index contributed by atoms with van der Waals surface area (Å²) in [4.78, 5) is 25.8. The molecule has 4 rings (SSSR count). The molecule has 1 atom stereocenters. The maximum atomic E-state index is 13.4. The Hall–Kier alpha value is -4.07. The number of rotatable bonds is 5. The minimum absolute atomic E-state index is 0.0346. The van der Waals surface area contributed by atoms with E-state index in [-0.39, 0.29) is 11.7 Å². The van der Waals surface area contributed by atoms with Crippen LogP contribution < -0.4 is 10.1 Å². The summed E-state index contributed by atoms with van der Waals surface area (Å²) in [6.45, 7) is 2.28. The lowest BCUT2D eigenvalue weighted by Crippen LogP contribution is -2.42. The van der Waals surface area contributed by atoms with Crippen LogP contribution in [0.1, 0.15) is 33.2 Å². The first kappa shape index (κ1) is 20.2. The maximum absolute atomic E-state index is 13.4. The first-order chi connectivity index (χ1) is 14.9. The summed E-state index contributed by atoms with van der Waals surface area (Å²) >= 11 is 0. The molecule has 8 nitrogen and oxygen atoms in total. The molecular weight excluding hydrogens is 398 g/mol. The van der Waals surface area contributed by atoms with Crippen molar-refractivity contribution in [3.8, 4) is 11.5 Å². The molecule has 0 radical (unpaired) electrons. The van der Waals surface area contributed by atoms with Gasteiger partial charge in [0.05, 0.1) is 17.6 Å². The number of nitro groups is 1. The highest BCUT2D eigenvalue weighted by Crippen LogP contribution is 2.42. The summed E-state index contributed by atoms with van der Waals surface area (Å²) in [5.41, 5.74) is 3.12. The number of fused-ring (bicyclic) bond motifs is 1. The van der Waals surface area contributed by atoms with Crippen molar-refractivity contribution < 1.29 is 19.6 Å². The molecule has 0 aromatic heterocycles. The van der Waals surface area contributed by atoms with Gasteiger partial charge in [-0.1, -0.05) is 42.0 Å². The van der Waals surface area contributed by atoms with Gasteiger partial charge in [0.25, 0.3) is 5.91 Å². The summed E-state index contributed by atoms with van der Waals surface area (Å²) in [6, 6.07) is 17.7. The number of ether oxygens (including phenoxy) is 1. The molecule has 0 saturated carbocycles. The zero-order valence-corrected chi connectivity index (χ0v) is 17.0. The van der Waals surface area contributed by atoms with E-state index in [4.69, 9.17) is 4.74 Å². The van der Waals surface area contributed by atoms with Crippen LogP contribution in [0.15, 0.2) is 60.7 Å². The summed E-state index contributed by atoms with van der Waals surface area (Å²) in [6.07, 6.45) is -0.697. The minimum atomic E-state index is -0.697. The average Bonchev–Trinajstić information content (AvgIpc) is 2.77. The normalized spacial score (nSPS) is 15.2. The Morgan fingerprint density at radius 3 is 2.55 bits per heavy atom. The van der Waals surface area contributed by atoms with E-state index < -0.39 is 22.5 Å². The van der Waals surface area contributed by atoms with E-state index in [0.29, 0.717) is 23.4 Å². The van der Waals surface area contributed by atoms with Gasteiger partial charge in [0.1, 0.15) is 6.17 Å². The van der Waals surface area contributed by atoms with Crippen LogP contribution >= 0.6 is 0 Å². The number of carbonyl (C=O) groups is 1. The third-order valence-corrected chi connectivity index (χ3v) is 5.31. The molecule has 8 heteroatoms. The van der Waals surface area contributed by atoms with Crippen LogP contribution in [0.4, 0.5) is 11.4 Å². The zero-order chi connectivity index (χ0) is 22.1. The molecule has 158 valence electrons. The summed E-state index contributed by atoms with van der Waals surface area (Å²) < 4.78 is 5.14. The van der Waals surface area contributed by atoms with Gasteiger partial charge in [-0.25, -0.2) is 0 Å². The van der Waals surface area contributed by atoms with Crippen molar-refractivity contribution in [3.05, 3.63) is 93.0 Å². The zero-order valence-electron chi connectivity index (χ0n) is 17.0. The standard InChI is InChI=1S/C23H21N3O5/c1-14-7-9-15(10-8-14)13-25-22(24-18-6-4-3-5-17(18)23(25)28)16-11-19(26(29)30)21(27)20(12-16)31-2/h3-12,22,24,27H,13H2,1-2H3/t22-/m0/s1. The van der Waals surface area contributed by atoms with Gasteiger partial charge in [-0.2, -0.15) is 0 Å². The number of phenols is 1. The molecule has 2 N–H and O–H groups in total. The number of nitrogens with zero attached hydrogens (tertiary/aromatic N) is 2. The molecule has 0 spiro atoms. The Morgan fingerprint density at radius 1 is 1.16 bits per heavy atom. The summed E-state index contributed by atoms with van der Waals surface area (Å²) in [7, 11) is 1.32. The van der Waals surface area contributed by atoms with E-state index in [1.165, 1.54) is 19.2 Å². The van der Waals surface area contributed by atoms with Crippen molar-refractivity contribution >= 4 is 17.3 Å². The molecule has 31 heavy (non-hydrogen) atoms. The summed E-state index contributed by atoms with van der Waals surface area (Å²) in [5, 5.41) is 24.9. The van der Waals surface area contributed by atoms with Gasteiger partial charge in [-0.05, 0) is 30.7 Å². The fraction of sp³-hybridized carbons (Fsp3) is 0.174. The smallest absolute Gasteiger partial charge is 0.315 e. The molecule has 0 bridgehead atoms. The lowest BCUT2D eigenvalue weighted by Gasteiger charge is -2.38. The number of aromatic hydroxyl groups is 1. The van der Waals surface area contributed by atoms with Gasteiger partial charge < -0.3 is 20.1 Å². The van der Waals surface area contributed by atoms with Crippen LogP contribution in [0.3, 0.4) is 0 Å². The van der Waals surface area contributed by atoms with Gasteiger partial charge in [0, 0.05) is 23.9 Å². The second-order valence-corrected chi connectivity index (χ2v) is 7.36. The fourth-order valence-electron chi connectivity index (χ4n) is 3.68. The third kappa shape index (κ3) is 3.75. The first-order valence-corrected chi connectivity index (χ1v) is 9.66. The molecule has 1 heterocycles. The van der Waals surface area contributed by atoms with Crippen molar-refractivity contribution in [2.75, 3.05) is 12.4 Å². The number of hydrogen-bond donors (Lipinski definition) is 2. The Bertz CT molecular complexity index is 1160.